The van der Waals surface area contributed by atoms with Crippen LogP contribution in [-0.2, 0) is 11.2 Å². The van der Waals surface area contributed by atoms with Gasteiger partial charge in [-0.05, 0) is 55.7 Å². The van der Waals surface area contributed by atoms with Crippen molar-refractivity contribution in [1.82, 2.24) is 0 Å². The van der Waals surface area contributed by atoms with Crippen LogP contribution in [0.15, 0.2) is 42.5 Å². The van der Waals surface area contributed by atoms with E-state index in [9.17, 15) is 14.0 Å². The minimum atomic E-state index is -0.291. The average Bonchev–Trinajstić information content (AvgIpc) is 2.59. The number of anilines is 1. The zero-order valence-corrected chi connectivity index (χ0v) is 13.4. The van der Waals surface area contributed by atoms with Gasteiger partial charge in [-0.1, -0.05) is 12.1 Å². The zero-order valence-electron chi connectivity index (χ0n) is 13.4. The molecule has 1 heterocycles. The first-order valence-corrected chi connectivity index (χ1v) is 7.87. The Morgan fingerprint density at radius 2 is 2.04 bits per heavy atom. The largest absolute Gasteiger partial charge is 0.484 e. The Labute approximate surface area is 139 Å². The fourth-order valence-corrected chi connectivity index (χ4v) is 2.85. The third-order valence-electron chi connectivity index (χ3n) is 4.06. The number of rotatable bonds is 4. The number of aryl methyl sites for hydroxylation is 1. The Balaban J connectivity index is 1.70. The Bertz CT molecular complexity index is 788. The number of Topliss-reactive ketones (excluding diaryl/α,β-unsaturated/α-hetero) is 1. The molecule has 24 heavy (non-hydrogen) atoms. The Hall–Kier alpha value is -2.69. The van der Waals surface area contributed by atoms with Gasteiger partial charge < -0.3 is 9.64 Å². The van der Waals surface area contributed by atoms with Crippen molar-refractivity contribution in [3.63, 3.8) is 0 Å². The van der Waals surface area contributed by atoms with Gasteiger partial charge in [0.15, 0.2) is 12.4 Å². The van der Waals surface area contributed by atoms with Gasteiger partial charge in [0, 0.05) is 17.8 Å². The molecule has 5 heteroatoms. The zero-order chi connectivity index (χ0) is 17.1. The van der Waals surface area contributed by atoms with E-state index in [4.69, 9.17) is 4.74 Å². The summed E-state index contributed by atoms with van der Waals surface area (Å²) in [5, 5.41) is 0. The maximum atomic E-state index is 13.3. The fraction of sp³-hybridized carbons (Fsp3) is 0.263. The summed E-state index contributed by atoms with van der Waals surface area (Å²) in [6.07, 6.45) is 1.56. The lowest BCUT2D eigenvalue weighted by molar-refractivity contribution is -0.120. The van der Waals surface area contributed by atoms with Crippen LogP contribution in [0.1, 0.15) is 29.3 Å². The second kappa shape index (κ2) is 6.83. The first kappa shape index (κ1) is 16.2. The molecule has 0 radical (unpaired) electrons. The number of amides is 1. The van der Waals surface area contributed by atoms with Crippen molar-refractivity contribution >= 4 is 17.4 Å². The van der Waals surface area contributed by atoms with Crippen molar-refractivity contribution in [2.75, 3.05) is 18.1 Å². The van der Waals surface area contributed by atoms with Gasteiger partial charge in [0.1, 0.15) is 11.6 Å². The maximum absolute atomic E-state index is 13.3. The van der Waals surface area contributed by atoms with Crippen LogP contribution >= 0.6 is 0 Å². The van der Waals surface area contributed by atoms with Crippen LogP contribution in [0.25, 0.3) is 0 Å². The molecule has 2 aromatic rings. The summed E-state index contributed by atoms with van der Waals surface area (Å²) in [6, 6.07) is 11.2. The Kier molecular flexibility index (Phi) is 4.60. The van der Waals surface area contributed by atoms with Crippen molar-refractivity contribution < 1.29 is 18.7 Å². The fourth-order valence-electron chi connectivity index (χ4n) is 2.85. The van der Waals surface area contributed by atoms with E-state index in [2.05, 4.69) is 0 Å². The number of halogens is 1. The molecular formula is C19H18FNO3. The molecule has 0 N–H and O–H groups in total. The number of ether oxygens (including phenoxy) is 1. The Morgan fingerprint density at radius 1 is 1.21 bits per heavy atom. The van der Waals surface area contributed by atoms with Gasteiger partial charge in [0.2, 0.25) is 0 Å². The minimum Gasteiger partial charge on any atom is -0.484 e. The quantitative estimate of drug-likeness (QED) is 0.809. The van der Waals surface area contributed by atoms with Gasteiger partial charge in [0.05, 0.1) is 0 Å². The molecule has 124 valence electrons. The van der Waals surface area contributed by atoms with Crippen molar-refractivity contribution in [2.24, 2.45) is 0 Å². The van der Waals surface area contributed by atoms with Crippen molar-refractivity contribution in [1.29, 1.82) is 0 Å². The molecule has 4 nitrogen and oxygen atoms in total. The number of benzene rings is 2. The molecule has 0 unspecified atom stereocenters. The first-order valence-electron chi connectivity index (χ1n) is 7.87. The molecule has 0 bridgehead atoms. The second-order valence-electron chi connectivity index (χ2n) is 5.79. The van der Waals surface area contributed by atoms with E-state index in [1.54, 1.807) is 35.2 Å². The molecule has 0 aromatic heterocycles. The molecule has 1 aliphatic rings. The molecular weight excluding hydrogens is 309 g/mol. The van der Waals surface area contributed by atoms with Crippen LogP contribution in [0.3, 0.4) is 0 Å². The third-order valence-corrected chi connectivity index (χ3v) is 4.06. The smallest absolute Gasteiger partial charge is 0.264 e. The highest BCUT2D eigenvalue weighted by Gasteiger charge is 2.23. The molecule has 0 aliphatic carbocycles. The number of hydrogen-bond donors (Lipinski definition) is 0. The lowest BCUT2D eigenvalue weighted by atomic mass is 10.0. The van der Waals surface area contributed by atoms with E-state index >= 15 is 0 Å². The molecule has 1 aliphatic heterocycles. The van der Waals surface area contributed by atoms with Crippen LogP contribution in [0.5, 0.6) is 5.75 Å². The van der Waals surface area contributed by atoms with E-state index < -0.39 is 0 Å². The molecule has 1 amide bonds. The van der Waals surface area contributed by atoms with Crippen LogP contribution < -0.4 is 9.64 Å². The van der Waals surface area contributed by atoms with Crippen LogP contribution in [0, 0.1) is 5.82 Å². The summed E-state index contributed by atoms with van der Waals surface area (Å²) in [5.74, 6) is -0.0534. The SMILES string of the molecule is CC(=O)c1cccc(OCC(=O)N2CCCc3cc(F)ccc32)c1. The number of carbonyl (C=O) groups is 2. The second-order valence-corrected chi connectivity index (χ2v) is 5.79. The summed E-state index contributed by atoms with van der Waals surface area (Å²) >= 11 is 0. The van der Waals surface area contributed by atoms with Crippen LogP contribution in [0.2, 0.25) is 0 Å². The summed E-state index contributed by atoms with van der Waals surface area (Å²) in [5.41, 5.74) is 2.13. The van der Waals surface area contributed by atoms with E-state index in [1.165, 1.54) is 19.1 Å². The van der Waals surface area contributed by atoms with Crippen molar-refractivity contribution in [3.8, 4) is 5.75 Å². The van der Waals surface area contributed by atoms with Gasteiger partial charge >= 0.3 is 0 Å². The van der Waals surface area contributed by atoms with Gasteiger partial charge in [-0.2, -0.15) is 0 Å². The first-order chi connectivity index (χ1) is 11.5. The third kappa shape index (κ3) is 3.45. The molecule has 0 saturated heterocycles. The van der Waals surface area contributed by atoms with Crippen LogP contribution in [0.4, 0.5) is 10.1 Å². The molecule has 0 fully saturated rings. The van der Waals surface area contributed by atoms with Crippen molar-refractivity contribution in [2.45, 2.75) is 19.8 Å². The van der Waals surface area contributed by atoms with Gasteiger partial charge in [-0.3, -0.25) is 9.59 Å². The summed E-state index contributed by atoms with van der Waals surface area (Å²) in [7, 11) is 0. The highest BCUT2D eigenvalue weighted by Crippen LogP contribution is 2.28. The van der Waals surface area contributed by atoms with E-state index in [-0.39, 0.29) is 24.1 Å². The number of ketones is 1. The molecule has 3 rings (SSSR count). The predicted octanol–water partition coefficient (Wildman–Crippen LogP) is 3.39. The molecule has 0 saturated carbocycles. The standard InChI is InChI=1S/C19H18FNO3/c1-13(22)14-4-2-6-17(11-14)24-12-19(23)21-9-3-5-15-10-16(20)7-8-18(15)21/h2,4,6-8,10-11H,3,5,9,12H2,1H3. The number of carbonyl (C=O) groups excluding carboxylic acids is 2. The topological polar surface area (TPSA) is 46.6 Å². The van der Waals surface area contributed by atoms with Gasteiger partial charge in [-0.25, -0.2) is 4.39 Å². The summed E-state index contributed by atoms with van der Waals surface area (Å²) < 4.78 is 18.9. The number of fused-ring (bicyclic) bond motifs is 1. The highest BCUT2D eigenvalue weighted by molar-refractivity contribution is 5.96. The summed E-state index contributed by atoms with van der Waals surface area (Å²) in [4.78, 5) is 25.5. The lowest BCUT2D eigenvalue weighted by Gasteiger charge is -2.29. The molecule has 2 aromatic carbocycles. The van der Waals surface area contributed by atoms with E-state index in [1.807, 2.05) is 0 Å². The van der Waals surface area contributed by atoms with Gasteiger partial charge in [0.25, 0.3) is 5.91 Å². The average molecular weight is 327 g/mol. The molecule has 0 spiro atoms. The van der Waals surface area contributed by atoms with E-state index in [0.717, 1.165) is 24.1 Å². The number of hydrogen-bond acceptors (Lipinski definition) is 3. The van der Waals surface area contributed by atoms with E-state index in [0.29, 0.717) is 17.9 Å². The lowest BCUT2D eigenvalue weighted by Crippen LogP contribution is -2.38. The highest BCUT2D eigenvalue weighted by atomic mass is 19.1. The predicted molar refractivity (Wildman–Crippen MR) is 89.0 cm³/mol. The maximum Gasteiger partial charge on any atom is 0.264 e. The monoisotopic (exact) mass is 327 g/mol. The van der Waals surface area contributed by atoms with Crippen molar-refractivity contribution in [3.05, 3.63) is 59.4 Å². The minimum absolute atomic E-state index is 0.0567. The number of nitrogens with zero attached hydrogens (tertiary/aromatic N) is 1. The normalized spacial score (nSPS) is 13.3. The Morgan fingerprint density at radius 3 is 2.83 bits per heavy atom. The summed E-state index contributed by atoms with van der Waals surface area (Å²) in [6.45, 7) is 1.94. The van der Waals surface area contributed by atoms with Gasteiger partial charge in [-0.15, -0.1) is 0 Å². The molecule has 0 atom stereocenters. The van der Waals surface area contributed by atoms with Crippen LogP contribution in [-0.4, -0.2) is 24.8 Å².